The lowest BCUT2D eigenvalue weighted by atomic mass is 10.1. The van der Waals surface area contributed by atoms with Gasteiger partial charge in [-0.15, -0.1) is 0 Å². The molecule has 2 aliphatic heterocycles. The molecule has 2 fully saturated rings. The molecule has 0 aromatic carbocycles. The number of carbonyl (C=O) groups is 1. The van der Waals surface area contributed by atoms with Gasteiger partial charge in [0.2, 0.25) is 10.0 Å². The maximum Gasteiger partial charge on any atom is 0.410 e. The van der Waals surface area contributed by atoms with Crippen LogP contribution in [0.3, 0.4) is 0 Å². The molecule has 8 nitrogen and oxygen atoms in total. The highest BCUT2D eigenvalue weighted by molar-refractivity contribution is 7.90. The summed E-state index contributed by atoms with van der Waals surface area (Å²) in [5, 5.41) is 8.50. The van der Waals surface area contributed by atoms with Gasteiger partial charge in [0.05, 0.1) is 18.5 Å². The molecule has 2 rings (SSSR count). The van der Waals surface area contributed by atoms with E-state index >= 15 is 0 Å². The average molecular weight is 344 g/mol. The maximum absolute atomic E-state index is 12.6. The minimum Gasteiger partial charge on any atom is -0.444 e. The maximum atomic E-state index is 12.6. The zero-order valence-electron chi connectivity index (χ0n) is 14.0. The molecule has 0 saturated carbocycles. The number of carbonyl (C=O) groups excluding carboxylic acids is 1. The van der Waals surface area contributed by atoms with Gasteiger partial charge in [0, 0.05) is 26.2 Å². The highest BCUT2D eigenvalue weighted by atomic mass is 32.2. The van der Waals surface area contributed by atoms with Crippen LogP contribution in [0, 0.1) is 11.3 Å². The van der Waals surface area contributed by atoms with E-state index in [4.69, 9.17) is 10.00 Å². The van der Waals surface area contributed by atoms with E-state index in [9.17, 15) is 13.2 Å². The Labute approximate surface area is 137 Å². The van der Waals surface area contributed by atoms with Crippen LogP contribution in [0.25, 0.3) is 0 Å². The molecule has 1 amide bonds. The summed E-state index contributed by atoms with van der Waals surface area (Å²) in [6, 6.07) is 1.49. The van der Waals surface area contributed by atoms with Gasteiger partial charge in [-0.25, -0.2) is 13.2 Å². The third-order valence-corrected chi connectivity index (χ3v) is 6.21. The van der Waals surface area contributed by atoms with Crippen molar-refractivity contribution < 1.29 is 17.9 Å². The van der Waals surface area contributed by atoms with E-state index in [0.29, 0.717) is 6.54 Å². The van der Waals surface area contributed by atoms with Gasteiger partial charge in [0.1, 0.15) is 11.0 Å². The molecule has 2 unspecified atom stereocenters. The molecule has 0 radical (unpaired) electrons. The molecule has 0 aromatic rings. The first kappa shape index (κ1) is 18.0. The number of likely N-dealkylation sites (N-methyl/N-ethyl adjacent to an activating group) is 1. The number of hydrogen-bond donors (Lipinski definition) is 0. The van der Waals surface area contributed by atoms with Crippen LogP contribution in [0.5, 0.6) is 0 Å². The van der Waals surface area contributed by atoms with Crippen LogP contribution in [-0.4, -0.2) is 78.9 Å². The number of ether oxygens (including phenoxy) is 1. The van der Waals surface area contributed by atoms with Crippen LogP contribution in [0.1, 0.15) is 27.2 Å². The lowest BCUT2D eigenvalue weighted by Crippen LogP contribution is -2.57. The smallest absolute Gasteiger partial charge is 0.410 e. The average Bonchev–Trinajstić information content (AvgIpc) is 3.15. The van der Waals surface area contributed by atoms with Crippen LogP contribution in [0.2, 0.25) is 0 Å². The highest BCUT2D eigenvalue weighted by Gasteiger charge is 2.49. The topological polar surface area (TPSA) is 93.7 Å². The molecule has 0 aromatic heterocycles. The Balaban J connectivity index is 2.09. The molecular formula is C14H24N4O4S. The third-order valence-electron chi connectivity index (χ3n) is 3.88. The Morgan fingerprint density at radius 2 is 1.91 bits per heavy atom. The van der Waals surface area contributed by atoms with E-state index in [1.807, 2.05) is 6.07 Å². The van der Waals surface area contributed by atoms with Crippen molar-refractivity contribution in [1.29, 1.82) is 5.26 Å². The van der Waals surface area contributed by atoms with E-state index in [2.05, 4.69) is 0 Å². The Hall–Kier alpha value is -1.37. The van der Waals surface area contributed by atoms with Crippen molar-refractivity contribution in [2.45, 2.75) is 44.2 Å². The van der Waals surface area contributed by atoms with E-state index in [1.54, 1.807) is 32.7 Å². The van der Waals surface area contributed by atoms with Crippen LogP contribution in [0.4, 0.5) is 4.79 Å². The fraction of sp³-hybridized carbons (Fsp3) is 0.857. The van der Waals surface area contributed by atoms with E-state index in [0.717, 1.165) is 0 Å². The van der Waals surface area contributed by atoms with Crippen LogP contribution < -0.4 is 0 Å². The number of amides is 1. The Morgan fingerprint density at radius 1 is 1.30 bits per heavy atom. The molecule has 2 heterocycles. The van der Waals surface area contributed by atoms with Gasteiger partial charge >= 0.3 is 6.09 Å². The quantitative estimate of drug-likeness (QED) is 0.689. The molecule has 2 saturated heterocycles. The summed E-state index contributed by atoms with van der Waals surface area (Å²) in [6.07, 6.45) is -0.421. The highest BCUT2D eigenvalue weighted by Crippen LogP contribution is 2.28. The molecule has 2 aliphatic rings. The van der Waals surface area contributed by atoms with Crippen molar-refractivity contribution in [3.8, 4) is 6.07 Å². The number of rotatable bonds is 3. The number of nitrogens with zero attached hydrogens (tertiary/aromatic N) is 4. The van der Waals surface area contributed by atoms with E-state index in [-0.39, 0.29) is 26.1 Å². The second-order valence-electron chi connectivity index (χ2n) is 6.99. The standard InChI is InChI=1S/C14H24N4O4S/c1-14(2,3)22-13(19)17-7-8-18(11(9-17)5-6-15)23(20,21)12-10-16(12)4/h11-12H,5,7-10H2,1-4H3/t11-,12?,16?/m0/s1. The van der Waals surface area contributed by atoms with Gasteiger partial charge in [-0.3, -0.25) is 4.90 Å². The zero-order valence-corrected chi connectivity index (χ0v) is 14.8. The first-order valence-electron chi connectivity index (χ1n) is 7.62. The molecule has 0 N–H and O–H groups in total. The minimum absolute atomic E-state index is 0.0506. The van der Waals surface area contributed by atoms with E-state index < -0.39 is 33.1 Å². The van der Waals surface area contributed by atoms with Gasteiger partial charge < -0.3 is 9.64 Å². The van der Waals surface area contributed by atoms with Gasteiger partial charge in [0.15, 0.2) is 0 Å². The number of piperazine rings is 1. The summed E-state index contributed by atoms with van der Waals surface area (Å²) in [5.41, 5.74) is -0.609. The van der Waals surface area contributed by atoms with Crippen molar-refractivity contribution in [2.75, 3.05) is 33.2 Å². The largest absolute Gasteiger partial charge is 0.444 e. The van der Waals surface area contributed by atoms with Crippen molar-refractivity contribution in [2.24, 2.45) is 0 Å². The molecule has 23 heavy (non-hydrogen) atoms. The Kier molecular flexibility index (Phi) is 4.89. The molecule has 0 bridgehead atoms. The van der Waals surface area contributed by atoms with Crippen molar-refractivity contribution in [1.82, 2.24) is 14.1 Å². The predicted molar refractivity (Wildman–Crippen MR) is 83.9 cm³/mol. The SMILES string of the molecule is CN1CC1S(=O)(=O)N1CCN(C(=O)OC(C)(C)C)C[C@@H]1CC#N. The van der Waals surface area contributed by atoms with Crippen LogP contribution in [-0.2, 0) is 14.8 Å². The van der Waals surface area contributed by atoms with Gasteiger partial charge in [-0.1, -0.05) is 0 Å². The fourth-order valence-electron chi connectivity index (χ4n) is 2.61. The Bertz CT molecular complexity index is 607. The summed E-state index contributed by atoms with van der Waals surface area (Å²) in [5.74, 6) is 0. The van der Waals surface area contributed by atoms with E-state index in [1.165, 1.54) is 9.21 Å². The second kappa shape index (κ2) is 6.26. The van der Waals surface area contributed by atoms with Crippen LogP contribution >= 0.6 is 0 Å². The number of sulfonamides is 1. The molecule has 130 valence electrons. The molecule has 3 atom stereocenters. The van der Waals surface area contributed by atoms with Crippen LogP contribution in [0.15, 0.2) is 0 Å². The summed E-state index contributed by atoms with van der Waals surface area (Å²) >= 11 is 0. The summed E-state index contributed by atoms with van der Waals surface area (Å²) in [6.45, 7) is 6.49. The van der Waals surface area contributed by atoms with Gasteiger partial charge in [-0.2, -0.15) is 9.57 Å². The summed E-state index contributed by atoms with van der Waals surface area (Å²) in [7, 11) is -1.72. The second-order valence-corrected chi connectivity index (χ2v) is 9.04. The van der Waals surface area contributed by atoms with Gasteiger partial charge in [-0.05, 0) is 27.8 Å². The van der Waals surface area contributed by atoms with Crippen molar-refractivity contribution >= 4 is 16.1 Å². The van der Waals surface area contributed by atoms with Gasteiger partial charge in [0.25, 0.3) is 0 Å². The lowest BCUT2D eigenvalue weighted by molar-refractivity contribution is 0.0134. The first-order valence-corrected chi connectivity index (χ1v) is 9.12. The summed E-state index contributed by atoms with van der Waals surface area (Å²) in [4.78, 5) is 15.4. The molecular weight excluding hydrogens is 320 g/mol. The predicted octanol–water partition coefficient (Wildman–Crippen LogP) is 0.423. The molecule has 9 heteroatoms. The van der Waals surface area contributed by atoms with Crippen molar-refractivity contribution in [3.05, 3.63) is 0 Å². The monoisotopic (exact) mass is 344 g/mol. The molecule has 0 spiro atoms. The first-order chi connectivity index (χ1) is 10.6. The third kappa shape index (κ3) is 4.13. The number of hydrogen-bond acceptors (Lipinski definition) is 6. The Morgan fingerprint density at radius 3 is 2.39 bits per heavy atom. The van der Waals surface area contributed by atoms with Crippen molar-refractivity contribution in [3.63, 3.8) is 0 Å². The summed E-state index contributed by atoms with van der Waals surface area (Å²) < 4.78 is 31.9. The fourth-order valence-corrected chi connectivity index (χ4v) is 4.70. The zero-order chi connectivity index (χ0) is 17.4. The molecule has 0 aliphatic carbocycles. The lowest BCUT2D eigenvalue weighted by Gasteiger charge is -2.40. The minimum atomic E-state index is -3.46. The normalized spacial score (nSPS) is 29.0. The number of nitriles is 1.